The summed E-state index contributed by atoms with van der Waals surface area (Å²) in [6.45, 7) is 1.98. The van der Waals surface area contributed by atoms with Crippen LogP contribution in [-0.4, -0.2) is 25.1 Å². The molecule has 0 saturated carbocycles. The van der Waals surface area contributed by atoms with Crippen molar-refractivity contribution in [2.75, 3.05) is 0 Å². The minimum absolute atomic E-state index is 0. The molecule has 0 fully saturated rings. The molecular formula is C4H9LiNbO. The van der Waals surface area contributed by atoms with Crippen LogP contribution in [0.1, 0.15) is 19.8 Å². The van der Waals surface area contributed by atoms with Gasteiger partial charge < -0.3 is 4.79 Å². The second-order valence-electron chi connectivity index (χ2n) is 0.955. The molecule has 0 bridgehead atoms. The SMILES string of the molecule is CCCC=O.[LiH].[Nb]. The molecule has 0 aliphatic rings. The molecule has 0 N–H and O–H groups in total. The van der Waals surface area contributed by atoms with E-state index in [4.69, 9.17) is 0 Å². The number of unbranched alkanes of at least 4 members (excludes halogenated alkanes) is 1. The van der Waals surface area contributed by atoms with E-state index in [1.807, 2.05) is 6.92 Å². The Morgan fingerprint density at radius 2 is 2.00 bits per heavy atom. The van der Waals surface area contributed by atoms with E-state index < -0.39 is 0 Å². The molecule has 0 rings (SSSR count). The van der Waals surface area contributed by atoms with Crippen molar-refractivity contribution >= 4 is 25.1 Å². The number of carbonyl (C=O) groups excluding carboxylic acids is 1. The topological polar surface area (TPSA) is 17.1 Å². The van der Waals surface area contributed by atoms with Crippen LogP contribution in [0.5, 0.6) is 0 Å². The summed E-state index contributed by atoms with van der Waals surface area (Å²) in [6.07, 6.45) is 2.61. The van der Waals surface area contributed by atoms with Gasteiger partial charge in [-0.2, -0.15) is 0 Å². The maximum Gasteiger partial charge on any atom is 0 e. The second kappa shape index (κ2) is 15.7. The molecule has 7 heavy (non-hydrogen) atoms. The maximum atomic E-state index is 9.40. The number of hydrogen-bond donors (Lipinski definition) is 0. The van der Waals surface area contributed by atoms with Crippen molar-refractivity contribution in [1.82, 2.24) is 0 Å². The van der Waals surface area contributed by atoms with Crippen LogP contribution in [0.2, 0.25) is 0 Å². The third-order valence-electron chi connectivity index (χ3n) is 0.407. The monoisotopic (exact) mass is 173 g/mol. The number of hydrogen-bond acceptors (Lipinski definition) is 1. The van der Waals surface area contributed by atoms with Crippen LogP contribution in [0.4, 0.5) is 0 Å². The van der Waals surface area contributed by atoms with Gasteiger partial charge in [-0.05, 0) is 6.42 Å². The molecule has 1 nitrogen and oxygen atoms in total. The predicted octanol–water partition coefficient (Wildman–Crippen LogP) is 0.334. The summed E-state index contributed by atoms with van der Waals surface area (Å²) >= 11 is 0. The van der Waals surface area contributed by atoms with E-state index in [9.17, 15) is 4.79 Å². The van der Waals surface area contributed by atoms with E-state index in [-0.39, 0.29) is 41.2 Å². The summed E-state index contributed by atoms with van der Waals surface area (Å²) in [6, 6.07) is 0. The zero-order chi connectivity index (χ0) is 4.12. The molecule has 0 aliphatic heterocycles. The van der Waals surface area contributed by atoms with Crippen molar-refractivity contribution in [2.45, 2.75) is 19.8 Å². The molecule has 0 amide bonds. The Hall–Kier alpha value is 1.01. The van der Waals surface area contributed by atoms with Crippen molar-refractivity contribution in [3.8, 4) is 0 Å². The quantitative estimate of drug-likeness (QED) is 0.434. The molecule has 0 aromatic heterocycles. The molecule has 0 unspecified atom stereocenters. The molecule has 0 saturated heterocycles. The number of aldehydes is 1. The van der Waals surface area contributed by atoms with Gasteiger partial charge in [-0.25, -0.2) is 0 Å². The Bertz CT molecular complexity index is 32.9. The molecule has 0 aliphatic carbocycles. The minimum Gasteiger partial charge on any atom is 0 e. The molecule has 0 spiro atoms. The van der Waals surface area contributed by atoms with Crippen molar-refractivity contribution < 1.29 is 27.2 Å². The van der Waals surface area contributed by atoms with Crippen LogP contribution >= 0.6 is 0 Å². The molecule has 37 valence electrons. The van der Waals surface area contributed by atoms with E-state index in [2.05, 4.69) is 0 Å². The number of carbonyl (C=O) groups is 1. The Balaban J connectivity index is -0.0000000800. The van der Waals surface area contributed by atoms with Gasteiger partial charge in [0.15, 0.2) is 0 Å². The zero-order valence-electron chi connectivity index (χ0n) is 3.85. The number of rotatable bonds is 2. The first-order valence-electron chi connectivity index (χ1n) is 1.85. The molecular weight excluding hydrogens is 164 g/mol. The third-order valence-corrected chi connectivity index (χ3v) is 0.407. The summed E-state index contributed by atoms with van der Waals surface area (Å²) in [5.41, 5.74) is 0. The van der Waals surface area contributed by atoms with Gasteiger partial charge in [0.25, 0.3) is 0 Å². The van der Waals surface area contributed by atoms with Crippen LogP contribution in [-0.2, 0) is 27.2 Å². The van der Waals surface area contributed by atoms with E-state index >= 15 is 0 Å². The first-order valence-corrected chi connectivity index (χ1v) is 1.85. The van der Waals surface area contributed by atoms with E-state index in [0.717, 1.165) is 12.7 Å². The Morgan fingerprint density at radius 1 is 1.57 bits per heavy atom. The third kappa shape index (κ3) is 19.4. The van der Waals surface area contributed by atoms with E-state index in [1.165, 1.54) is 0 Å². The van der Waals surface area contributed by atoms with E-state index in [1.54, 1.807) is 0 Å². The molecule has 0 atom stereocenters. The summed E-state index contributed by atoms with van der Waals surface area (Å²) in [5.74, 6) is 0. The Labute approximate surface area is 71.9 Å². The first-order chi connectivity index (χ1) is 2.41. The summed E-state index contributed by atoms with van der Waals surface area (Å²) in [5, 5.41) is 0. The zero-order valence-corrected chi connectivity index (χ0v) is 6.05. The summed E-state index contributed by atoms with van der Waals surface area (Å²) in [4.78, 5) is 9.40. The molecule has 0 aromatic carbocycles. The van der Waals surface area contributed by atoms with Gasteiger partial charge in [0.1, 0.15) is 6.29 Å². The van der Waals surface area contributed by atoms with E-state index in [0.29, 0.717) is 6.42 Å². The van der Waals surface area contributed by atoms with Gasteiger partial charge in [0.05, 0.1) is 0 Å². The predicted molar refractivity (Wildman–Crippen MR) is 28.1 cm³/mol. The average molecular weight is 173 g/mol. The van der Waals surface area contributed by atoms with Crippen molar-refractivity contribution in [3.63, 3.8) is 0 Å². The van der Waals surface area contributed by atoms with Crippen LogP contribution in [0.25, 0.3) is 0 Å². The second-order valence-corrected chi connectivity index (χ2v) is 0.955. The van der Waals surface area contributed by atoms with Crippen LogP contribution in [0.15, 0.2) is 0 Å². The summed E-state index contributed by atoms with van der Waals surface area (Å²) < 4.78 is 0. The van der Waals surface area contributed by atoms with Crippen molar-refractivity contribution in [3.05, 3.63) is 0 Å². The standard InChI is InChI=1S/C4H8O.Li.Nb.H/c1-2-3-4-5;;;/h4H,2-3H2,1H3;;;. The van der Waals surface area contributed by atoms with Gasteiger partial charge in [0.2, 0.25) is 0 Å². The van der Waals surface area contributed by atoms with Crippen LogP contribution in [0, 0.1) is 0 Å². The van der Waals surface area contributed by atoms with Gasteiger partial charge in [-0.3, -0.25) is 0 Å². The molecule has 3 heteroatoms. The molecule has 0 aromatic rings. The minimum atomic E-state index is 0. The smallest absolute Gasteiger partial charge is 0 e. The van der Waals surface area contributed by atoms with Gasteiger partial charge in [0, 0.05) is 28.8 Å². The molecule has 0 heterocycles. The normalized spacial score (nSPS) is 5.29. The first kappa shape index (κ1) is 15.7. The van der Waals surface area contributed by atoms with Gasteiger partial charge >= 0.3 is 18.9 Å². The Morgan fingerprint density at radius 3 is 2.00 bits per heavy atom. The summed E-state index contributed by atoms with van der Waals surface area (Å²) in [7, 11) is 0. The van der Waals surface area contributed by atoms with Crippen LogP contribution in [0.3, 0.4) is 0 Å². The van der Waals surface area contributed by atoms with Gasteiger partial charge in [-0.1, -0.05) is 6.92 Å². The van der Waals surface area contributed by atoms with Crippen molar-refractivity contribution in [2.24, 2.45) is 0 Å². The average Bonchev–Trinajstić information content (AvgIpc) is 1.41. The Kier molecular flexibility index (Phi) is 35.3. The fourth-order valence-corrected chi connectivity index (χ4v) is 0.118. The fraction of sp³-hybridized carbons (Fsp3) is 0.750. The van der Waals surface area contributed by atoms with Crippen molar-refractivity contribution in [1.29, 1.82) is 0 Å². The van der Waals surface area contributed by atoms with Gasteiger partial charge in [-0.15, -0.1) is 0 Å². The van der Waals surface area contributed by atoms with Crippen LogP contribution < -0.4 is 0 Å². The molecule has 1 radical (unpaired) electrons. The fourth-order valence-electron chi connectivity index (χ4n) is 0.118. The maximum absolute atomic E-state index is 9.40. The largest absolute Gasteiger partial charge is 0 e.